The zero-order valence-electron chi connectivity index (χ0n) is 11.2. The first-order valence-corrected chi connectivity index (χ1v) is 8.00. The van der Waals surface area contributed by atoms with Crippen LogP contribution in [-0.2, 0) is 14.8 Å². The Labute approximate surface area is 117 Å². The van der Waals surface area contributed by atoms with E-state index >= 15 is 0 Å². The summed E-state index contributed by atoms with van der Waals surface area (Å²) in [5.74, 6) is 0.0946. The van der Waals surface area contributed by atoms with Gasteiger partial charge < -0.3 is 10.1 Å². The van der Waals surface area contributed by atoms with Crippen molar-refractivity contribution in [3.8, 4) is 0 Å². The molecule has 0 aromatic carbocycles. The number of nitrogens with zero attached hydrogens (tertiary/aromatic N) is 1. The minimum Gasteiger partial charge on any atom is -0.381 e. The van der Waals surface area contributed by atoms with Crippen molar-refractivity contribution in [2.45, 2.75) is 32.7 Å². The first-order valence-electron chi connectivity index (χ1n) is 6.39. The first-order chi connectivity index (χ1) is 8.11. The van der Waals surface area contributed by atoms with Gasteiger partial charge in [-0.15, -0.1) is 12.4 Å². The van der Waals surface area contributed by atoms with E-state index in [1.165, 1.54) is 0 Å². The van der Waals surface area contributed by atoms with Crippen LogP contribution in [0, 0.1) is 0 Å². The van der Waals surface area contributed by atoms with Gasteiger partial charge in [-0.25, -0.2) is 8.42 Å². The van der Waals surface area contributed by atoms with Crippen molar-refractivity contribution in [2.24, 2.45) is 0 Å². The molecular weight excluding hydrogens is 276 g/mol. The third kappa shape index (κ3) is 5.40. The fraction of sp³-hybridized carbons (Fsp3) is 1.00. The van der Waals surface area contributed by atoms with Crippen molar-refractivity contribution in [1.82, 2.24) is 9.62 Å². The second-order valence-corrected chi connectivity index (χ2v) is 6.31. The summed E-state index contributed by atoms with van der Waals surface area (Å²) in [5, 5.41) is 3.21. The molecule has 1 aliphatic heterocycles. The van der Waals surface area contributed by atoms with Gasteiger partial charge in [-0.2, -0.15) is 4.31 Å². The highest BCUT2D eigenvalue weighted by Crippen LogP contribution is 2.14. The summed E-state index contributed by atoms with van der Waals surface area (Å²) < 4.78 is 31.2. The molecule has 1 rings (SSSR count). The van der Waals surface area contributed by atoms with Gasteiger partial charge in [-0.3, -0.25) is 0 Å². The van der Waals surface area contributed by atoms with Crippen molar-refractivity contribution < 1.29 is 13.2 Å². The van der Waals surface area contributed by atoms with Crippen molar-refractivity contribution in [2.75, 3.05) is 38.6 Å². The van der Waals surface area contributed by atoms with Crippen LogP contribution in [0.1, 0.15) is 26.7 Å². The fourth-order valence-corrected chi connectivity index (χ4v) is 3.74. The van der Waals surface area contributed by atoms with Gasteiger partial charge in [0.1, 0.15) is 0 Å². The third-order valence-corrected chi connectivity index (χ3v) is 4.81. The number of hydrogen-bond donors (Lipinski definition) is 1. The summed E-state index contributed by atoms with van der Waals surface area (Å²) in [6.07, 6.45) is 1.76. The van der Waals surface area contributed by atoms with Crippen LogP contribution in [0.5, 0.6) is 0 Å². The Morgan fingerprint density at radius 2 is 2.11 bits per heavy atom. The maximum atomic E-state index is 12.2. The average molecular weight is 301 g/mol. The van der Waals surface area contributed by atoms with E-state index in [0.29, 0.717) is 19.8 Å². The van der Waals surface area contributed by atoms with Crippen molar-refractivity contribution in [3.63, 3.8) is 0 Å². The molecule has 0 spiro atoms. The second-order valence-electron chi connectivity index (χ2n) is 4.27. The molecule has 0 amide bonds. The van der Waals surface area contributed by atoms with E-state index in [1.54, 1.807) is 4.31 Å². The number of halogens is 1. The van der Waals surface area contributed by atoms with Crippen LogP contribution in [0.4, 0.5) is 0 Å². The minimum absolute atomic E-state index is 0. The molecule has 110 valence electrons. The van der Waals surface area contributed by atoms with Gasteiger partial charge in [0.25, 0.3) is 0 Å². The van der Waals surface area contributed by atoms with E-state index in [0.717, 1.165) is 25.9 Å². The largest absolute Gasteiger partial charge is 0.381 e. The van der Waals surface area contributed by atoms with E-state index in [-0.39, 0.29) is 24.2 Å². The number of sulfonamides is 1. The van der Waals surface area contributed by atoms with E-state index in [9.17, 15) is 8.42 Å². The van der Waals surface area contributed by atoms with Crippen LogP contribution in [-0.4, -0.2) is 57.4 Å². The monoisotopic (exact) mass is 300 g/mol. The summed E-state index contributed by atoms with van der Waals surface area (Å²) in [5.41, 5.74) is 0. The molecule has 0 radical (unpaired) electrons. The average Bonchev–Trinajstić information content (AvgIpc) is 2.79. The van der Waals surface area contributed by atoms with Gasteiger partial charge in [0.05, 0.1) is 12.4 Å². The van der Waals surface area contributed by atoms with Gasteiger partial charge in [0.2, 0.25) is 10.0 Å². The predicted octanol–water partition coefficient (Wildman–Crippen LogP) is 0.848. The Bertz CT molecular complexity index is 305. The summed E-state index contributed by atoms with van der Waals surface area (Å²) in [6.45, 7) is 7.03. The lowest BCUT2D eigenvalue weighted by Crippen LogP contribution is -2.43. The van der Waals surface area contributed by atoms with E-state index in [4.69, 9.17) is 4.74 Å². The van der Waals surface area contributed by atoms with Gasteiger partial charge >= 0.3 is 0 Å². The summed E-state index contributed by atoms with van der Waals surface area (Å²) in [4.78, 5) is 0. The Morgan fingerprint density at radius 3 is 2.61 bits per heavy atom. The molecule has 18 heavy (non-hydrogen) atoms. The molecule has 0 bridgehead atoms. The van der Waals surface area contributed by atoms with Crippen LogP contribution in [0.25, 0.3) is 0 Å². The van der Waals surface area contributed by atoms with Crippen LogP contribution in [0.2, 0.25) is 0 Å². The molecule has 5 nitrogen and oxygen atoms in total. The Kier molecular flexibility index (Phi) is 9.15. The minimum atomic E-state index is -3.17. The molecule has 1 aliphatic rings. The van der Waals surface area contributed by atoms with Gasteiger partial charge in [0.15, 0.2) is 0 Å². The van der Waals surface area contributed by atoms with Crippen molar-refractivity contribution in [1.29, 1.82) is 0 Å². The maximum absolute atomic E-state index is 12.2. The molecule has 1 unspecified atom stereocenters. The van der Waals surface area contributed by atoms with Crippen LogP contribution >= 0.6 is 12.4 Å². The molecule has 1 atom stereocenters. The highest BCUT2D eigenvalue weighted by Gasteiger charge is 2.30. The van der Waals surface area contributed by atoms with Gasteiger partial charge in [-0.05, 0) is 26.3 Å². The molecule has 0 aliphatic carbocycles. The zero-order chi connectivity index (χ0) is 12.7. The summed E-state index contributed by atoms with van der Waals surface area (Å²) in [7, 11) is -3.17. The van der Waals surface area contributed by atoms with E-state index in [2.05, 4.69) is 5.32 Å². The quantitative estimate of drug-likeness (QED) is 0.675. The molecule has 7 heteroatoms. The molecule has 1 N–H and O–H groups in total. The van der Waals surface area contributed by atoms with Crippen LogP contribution in [0.3, 0.4) is 0 Å². The van der Waals surface area contributed by atoms with E-state index < -0.39 is 10.0 Å². The normalized spacial score (nSPS) is 20.1. The molecule has 1 fully saturated rings. The lowest BCUT2D eigenvalue weighted by molar-refractivity contribution is 0.162. The molecule has 0 aromatic heterocycles. The topological polar surface area (TPSA) is 58.6 Å². The Hall–Kier alpha value is 0.120. The number of nitrogens with one attached hydrogen (secondary N) is 1. The number of hydrogen-bond acceptors (Lipinski definition) is 4. The third-order valence-electron chi connectivity index (χ3n) is 2.93. The molecule has 0 aromatic rings. The summed E-state index contributed by atoms with van der Waals surface area (Å²) >= 11 is 0. The highest BCUT2D eigenvalue weighted by molar-refractivity contribution is 7.89. The Morgan fingerprint density at radius 1 is 1.39 bits per heavy atom. The number of ether oxygens (including phenoxy) is 1. The summed E-state index contributed by atoms with van der Waals surface area (Å²) in [6, 6.07) is 0.126. The zero-order valence-corrected chi connectivity index (χ0v) is 12.9. The predicted molar refractivity (Wildman–Crippen MR) is 75.8 cm³/mol. The Balaban J connectivity index is 0.00000289. The molecule has 0 saturated carbocycles. The van der Waals surface area contributed by atoms with Crippen molar-refractivity contribution >= 4 is 22.4 Å². The second kappa shape index (κ2) is 9.09. The standard InChI is InChI=1S/C11H24N2O3S.ClH/c1-3-7-13(11-5-6-12-10-11)17(14,15)9-8-16-4-2;/h11-12H,3-10H2,1-2H3;1H. The molecule has 1 saturated heterocycles. The highest BCUT2D eigenvalue weighted by atomic mass is 35.5. The van der Waals surface area contributed by atoms with E-state index in [1.807, 2.05) is 13.8 Å². The molecular formula is C11H25ClN2O3S. The first kappa shape index (κ1) is 18.1. The SMILES string of the molecule is CCCN(C1CCNC1)S(=O)(=O)CCOCC.Cl. The number of rotatable bonds is 8. The smallest absolute Gasteiger partial charge is 0.216 e. The lowest BCUT2D eigenvalue weighted by Gasteiger charge is -2.27. The fourth-order valence-electron chi connectivity index (χ4n) is 2.08. The lowest BCUT2D eigenvalue weighted by atomic mass is 10.2. The maximum Gasteiger partial charge on any atom is 0.216 e. The van der Waals surface area contributed by atoms with Gasteiger partial charge in [-0.1, -0.05) is 6.92 Å². The van der Waals surface area contributed by atoms with Crippen molar-refractivity contribution in [3.05, 3.63) is 0 Å². The van der Waals surface area contributed by atoms with Crippen LogP contribution in [0.15, 0.2) is 0 Å². The van der Waals surface area contributed by atoms with Gasteiger partial charge in [0, 0.05) is 25.7 Å². The van der Waals surface area contributed by atoms with Crippen LogP contribution < -0.4 is 5.32 Å². The molecule has 1 heterocycles.